The molecule has 2 fully saturated rings. The maximum absolute atomic E-state index is 12.5. The quantitative estimate of drug-likeness (QED) is 0.634. The third-order valence-electron chi connectivity index (χ3n) is 5.48. The van der Waals surface area contributed by atoms with Gasteiger partial charge in [-0.05, 0) is 35.9 Å². The number of methoxy groups -OCH3 is 1. The smallest absolute Gasteiger partial charge is 0.223 e. The van der Waals surface area contributed by atoms with Crippen LogP contribution in [0.15, 0.2) is 42.5 Å². The largest absolute Gasteiger partial charge is 0.493 e. The van der Waals surface area contributed by atoms with Gasteiger partial charge in [0.1, 0.15) is 18.5 Å². The first-order valence-corrected chi connectivity index (χ1v) is 10.6. The van der Waals surface area contributed by atoms with Crippen LogP contribution in [0.2, 0.25) is 5.02 Å². The average molecular weight is 432 g/mol. The Labute approximate surface area is 181 Å². The van der Waals surface area contributed by atoms with E-state index in [1.54, 1.807) is 19.2 Å². The van der Waals surface area contributed by atoms with Crippen molar-refractivity contribution in [2.24, 2.45) is 0 Å². The van der Waals surface area contributed by atoms with E-state index < -0.39 is 0 Å². The Hall–Kier alpha value is -2.44. The van der Waals surface area contributed by atoms with E-state index in [9.17, 15) is 4.79 Å². The van der Waals surface area contributed by atoms with Crippen molar-refractivity contribution in [2.45, 2.75) is 24.9 Å². The maximum atomic E-state index is 12.5. The Kier molecular flexibility index (Phi) is 6.65. The number of carbonyl (C=O) groups excluding carboxylic acids is 1. The number of hydrogen-bond acceptors (Lipinski definition) is 5. The molecule has 2 aromatic rings. The van der Waals surface area contributed by atoms with Crippen LogP contribution in [0.1, 0.15) is 24.3 Å². The number of benzene rings is 2. The number of nitrogens with zero attached hydrogens (tertiary/aromatic N) is 1. The van der Waals surface area contributed by atoms with Crippen LogP contribution >= 0.6 is 11.6 Å². The maximum Gasteiger partial charge on any atom is 0.223 e. The Morgan fingerprint density at radius 1 is 1.20 bits per heavy atom. The summed E-state index contributed by atoms with van der Waals surface area (Å²) in [6.07, 6.45) is 1.39. The standard InChI is InChI=1S/C23H26ClNO5/c1-27-21-6-5-16(11-22(21)30-20-7-9-28-15-20)17-12-23(26)25(14-17)8-10-29-19-4-2-3-18(24)13-19/h2-6,11,13,17,20H,7-10,12,14-15H2,1H3/t17-,20-/m1/s1. The SMILES string of the molecule is COc1ccc([C@@H]2CC(=O)N(CCOc3cccc(Cl)c3)C2)cc1O[C@@H]1CCOC1. The summed E-state index contributed by atoms with van der Waals surface area (Å²) in [5.74, 6) is 2.37. The van der Waals surface area contributed by atoms with E-state index in [1.165, 1.54) is 0 Å². The molecule has 0 aliphatic carbocycles. The highest BCUT2D eigenvalue weighted by molar-refractivity contribution is 6.30. The van der Waals surface area contributed by atoms with Gasteiger partial charge in [0, 0.05) is 30.3 Å². The van der Waals surface area contributed by atoms with Gasteiger partial charge < -0.3 is 23.8 Å². The van der Waals surface area contributed by atoms with Crippen LogP contribution in [0.3, 0.4) is 0 Å². The summed E-state index contributed by atoms with van der Waals surface area (Å²) in [5, 5.41) is 0.631. The summed E-state index contributed by atoms with van der Waals surface area (Å²) >= 11 is 5.98. The first-order chi connectivity index (χ1) is 14.6. The van der Waals surface area contributed by atoms with Gasteiger partial charge in [0.15, 0.2) is 11.5 Å². The zero-order valence-corrected chi connectivity index (χ0v) is 17.8. The second-order valence-corrected chi connectivity index (χ2v) is 8.00. The molecule has 2 aliphatic rings. The lowest BCUT2D eigenvalue weighted by molar-refractivity contribution is -0.128. The van der Waals surface area contributed by atoms with E-state index >= 15 is 0 Å². The van der Waals surface area contributed by atoms with Crippen molar-refractivity contribution in [1.82, 2.24) is 4.90 Å². The van der Waals surface area contributed by atoms with Crippen LogP contribution in [0, 0.1) is 0 Å². The van der Waals surface area contributed by atoms with Crippen LogP contribution in [0.4, 0.5) is 0 Å². The van der Waals surface area contributed by atoms with Crippen molar-refractivity contribution in [1.29, 1.82) is 0 Å². The lowest BCUT2D eigenvalue weighted by atomic mass is 9.98. The number of rotatable bonds is 8. The Morgan fingerprint density at radius 2 is 2.10 bits per heavy atom. The summed E-state index contributed by atoms with van der Waals surface area (Å²) in [7, 11) is 1.63. The highest BCUT2D eigenvalue weighted by Gasteiger charge is 2.31. The number of hydrogen-bond donors (Lipinski definition) is 0. The summed E-state index contributed by atoms with van der Waals surface area (Å²) in [6, 6.07) is 13.2. The molecule has 0 N–H and O–H groups in total. The van der Waals surface area contributed by atoms with Gasteiger partial charge in [-0.15, -0.1) is 0 Å². The predicted octanol–water partition coefficient (Wildman–Crippen LogP) is 3.91. The Bertz CT molecular complexity index is 884. The monoisotopic (exact) mass is 431 g/mol. The van der Waals surface area contributed by atoms with Gasteiger partial charge in [-0.25, -0.2) is 0 Å². The van der Waals surface area contributed by atoms with E-state index in [-0.39, 0.29) is 17.9 Å². The summed E-state index contributed by atoms with van der Waals surface area (Å²) in [6.45, 7) is 2.94. The fourth-order valence-corrected chi connectivity index (χ4v) is 4.05. The molecule has 7 heteroatoms. The van der Waals surface area contributed by atoms with Crippen molar-refractivity contribution in [2.75, 3.05) is 40.0 Å². The fraction of sp³-hybridized carbons (Fsp3) is 0.435. The molecular formula is C23H26ClNO5. The van der Waals surface area contributed by atoms with Crippen LogP contribution < -0.4 is 14.2 Å². The Balaban J connectivity index is 1.36. The van der Waals surface area contributed by atoms with Crippen LogP contribution in [-0.4, -0.2) is 56.9 Å². The molecule has 0 bridgehead atoms. The molecule has 0 unspecified atom stereocenters. The molecule has 2 aromatic carbocycles. The lowest BCUT2D eigenvalue weighted by Crippen LogP contribution is -2.29. The predicted molar refractivity (Wildman–Crippen MR) is 114 cm³/mol. The van der Waals surface area contributed by atoms with Gasteiger partial charge in [-0.3, -0.25) is 4.79 Å². The average Bonchev–Trinajstić information content (AvgIpc) is 3.38. The lowest BCUT2D eigenvalue weighted by Gasteiger charge is -2.19. The molecule has 2 atom stereocenters. The summed E-state index contributed by atoms with van der Waals surface area (Å²) < 4.78 is 22.7. The molecule has 160 valence electrons. The minimum Gasteiger partial charge on any atom is -0.493 e. The first-order valence-electron chi connectivity index (χ1n) is 10.2. The van der Waals surface area contributed by atoms with Gasteiger partial charge in [0.25, 0.3) is 0 Å². The molecule has 4 rings (SSSR count). The van der Waals surface area contributed by atoms with E-state index in [1.807, 2.05) is 35.2 Å². The molecule has 0 radical (unpaired) electrons. The van der Waals surface area contributed by atoms with Gasteiger partial charge in [0.05, 0.1) is 26.9 Å². The second kappa shape index (κ2) is 9.58. The van der Waals surface area contributed by atoms with Crippen LogP contribution in [-0.2, 0) is 9.53 Å². The second-order valence-electron chi connectivity index (χ2n) is 7.56. The molecular weight excluding hydrogens is 406 g/mol. The molecule has 2 saturated heterocycles. The van der Waals surface area contributed by atoms with E-state index in [0.29, 0.717) is 55.0 Å². The van der Waals surface area contributed by atoms with Crippen LogP contribution in [0.25, 0.3) is 0 Å². The van der Waals surface area contributed by atoms with Gasteiger partial charge >= 0.3 is 0 Å². The van der Waals surface area contributed by atoms with E-state index in [2.05, 4.69) is 0 Å². The highest BCUT2D eigenvalue weighted by atomic mass is 35.5. The minimum atomic E-state index is 0.0412. The molecule has 2 heterocycles. The van der Waals surface area contributed by atoms with E-state index in [4.69, 9.17) is 30.5 Å². The minimum absolute atomic E-state index is 0.0412. The first kappa shape index (κ1) is 20.8. The topological polar surface area (TPSA) is 57.2 Å². The van der Waals surface area contributed by atoms with Crippen LogP contribution in [0.5, 0.6) is 17.2 Å². The zero-order valence-electron chi connectivity index (χ0n) is 17.0. The molecule has 0 aromatic heterocycles. The molecule has 2 aliphatic heterocycles. The van der Waals surface area contributed by atoms with Crippen molar-refractivity contribution in [3.8, 4) is 17.2 Å². The number of amides is 1. The van der Waals surface area contributed by atoms with Crippen molar-refractivity contribution < 1.29 is 23.7 Å². The zero-order chi connectivity index (χ0) is 20.9. The molecule has 0 saturated carbocycles. The highest BCUT2D eigenvalue weighted by Crippen LogP contribution is 2.36. The fourth-order valence-electron chi connectivity index (χ4n) is 3.87. The Morgan fingerprint density at radius 3 is 2.87 bits per heavy atom. The summed E-state index contributed by atoms with van der Waals surface area (Å²) in [5.41, 5.74) is 1.08. The van der Waals surface area contributed by atoms with Gasteiger partial charge in [-0.1, -0.05) is 23.7 Å². The van der Waals surface area contributed by atoms with E-state index in [0.717, 1.165) is 18.6 Å². The molecule has 30 heavy (non-hydrogen) atoms. The van der Waals surface area contributed by atoms with Crippen molar-refractivity contribution >= 4 is 17.5 Å². The third kappa shape index (κ3) is 4.99. The normalized spacial score (nSPS) is 21.1. The number of halogens is 1. The number of carbonyl (C=O) groups is 1. The number of ether oxygens (including phenoxy) is 4. The molecule has 6 nitrogen and oxygen atoms in total. The third-order valence-corrected chi connectivity index (χ3v) is 5.72. The van der Waals surface area contributed by atoms with Gasteiger partial charge in [-0.2, -0.15) is 0 Å². The molecule has 1 amide bonds. The van der Waals surface area contributed by atoms with Gasteiger partial charge in [0.2, 0.25) is 5.91 Å². The van der Waals surface area contributed by atoms with Crippen molar-refractivity contribution in [3.63, 3.8) is 0 Å². The van der Waals surface area contributed by atoms with Crippen molar-refractivity contribution in [3.05, 3.63) is 53.1 Å². The molecule has 0 spiro atoms. The summed E-state index contributed by atoms with van der Waals surface area (Å²) in [4.78, 5) is 14.4. The number of likely N-dealkylation sites (tertiary alicyclic amines) is 1.